The molecule has 0 aromatic carbocycles. The average Bonchev–Trinajstić information content (AvgIpc) is 2.62. The molecule has 2 unspecified atom stereocenters. The van der Waals surface area contributed by atoms with E-state index in [0.717, 1.165) is 12.0 Å². The highest BCUT2D eigenvalue weighted by molar-refractivity contribution is 4.93. The first-order valence-corrected chi connectivity index (χ1v) is 8.18. The Morgan fingerprint density at radius 3 is 2.61 bits per heavy atom. The van der Waals surface area contributed by atoms with Crippen LogP contribution in [0.2, 0.25) is 0 Å². The van der Waals surface area contributed by atoms with Crippen molar-refractivity contribution in [3.63, 3.8) is 0 Å². The molecule has 1 aliphatic carbocycles. The minimum Gasteiger partial charge on any atom is -0.310 e. The van der Waals surface area contributed by atoms with Crippen molar-refractivity contribution in [2.75, 3.05) is 19.6 Å². The van der Waals surface area contributed by atoms with Gasteiger partial charge in [-0.05, 0) is 51.1 Å². The molecule has 1 heterocycles. The van der Waals surface area contributed by atoms with Gasteiger partial charge in [0.05, 0.1) is 0 Å². The molecule has 2 nitrogen and oxygen atoms in total. The number of hydrogen-bond acceptors (Lipinski definition) is 2. The van der Waals surface area contributed by atoms with Crippen molar-refractivity contribution in [2.24, 2.45) is 5.92 Å². The van der Waals surface area contributed by atoms with Crippen LogP contribution in [-0.2, 0) is 0 Å². The monoisotopic (exact) mass is 252 g/mol. The van der Waals surface area contributed by atoms with Crippen LogP contribution >= 0.6 is 0 Å². The van der Waals surface area contributed by atoms with Gasteiger partial charge in [-0.2, -0.15) is 0 Å². The van der Waals surface area contributed by atoms with Gasteiger partial charge in [0.1, 0.15) is 0 Å². The van der Waals surface area contributed by atoms with Crippen LogP contribution in [0.1, 0.15) is 65.7 Å². The maximum Gasteiger partial charge on any atom is 0.0303 e. The van der Waals surface area contributed by atoms with Crippen molar-refractivity contribution in [1.82, 2.24) is 10.2 Å². The summed E-state index contributed by atoms with van der Waals surface area (Å²) >= 11 is 0. The Morgan fingerprint density at radius 2 is 1.94 bits per heavy atom. The van der Waals surface area contributed by atoms with Gasteiger partial charge < -0.3 is 5.32 Å². The molecule has 1 aliphatic heterocycles. The molecule has 1 saturated carbocycles. The fraction of sp³-hybridized carbons (Fsp3) is 1.00. The molecule has 2 aliphatic rings. The Kier molecular flexibility index (Phi) is 5.08. The highest BCUT2D eigenvalue weighted by atomic mass is 15.2. The minimum atomic E-state index is 0.386. The Hall–Kier alpha value is -0.0800. The third kappa shape index (κ3) is 3.27. The second-order valence-corrected chi connectivity index (χ2v) is 6.66. The zero-order valence-electron chi connectivity index (χ0n) is 12.7. The average molecular weight is 252 g/mol. The van der Waals surface area contributed by atoms with Crippen molar-refractivity contribution in [2.45, 2.75) is 77.3 Å². The van der Waals surface area contributed by atoms with Gasteiger partial charge in [0.15, 0.2) is 0 Å². The largest absolute Gasteiger partial charge is 0.310 e. The van der Waals surface area contributed by atoms with Gasteiger partial charge in [0.25, 0.3) is 0 Å². The highest BCUT2D eigenvalue weighted by Crippen LogP contribution is 2.30. The summed E-state index contributed by atoms with van der Waals surface area (Å²) in [7, 11) is 0. The lowest BCUT2D eigenvalue weighted by molar-refractivity contribution is 0.106. The third-order valence-corrected chi connectivity index (χ3v) is 5.41. The van der Waals surface area contributed by atoms with Crippen LogP contribution in [0.3, 0.4) is 0 Å². The van der Waals surface area contributed by atoms with Gasteiger partial charge in [-0.15, -0.1) is 0 Å². The van der Waals surface area contributed by atoms with E-state index >= 15 is 0 Å². The van der Waals surface area contributed by atoms with E-state index in [1.165, 1.54) is 64.6 Å². The molecule has 2 rings (SSSR count). The molecule has 106 valence electrons. The summed E-state index contributed by atoms with van der Waals surface area (Å²) in [6.45, 7) is 10.9. The molecule has 2 atom stereocenters. The van der Waals surface area contributed by atoms with Crippen molar-refractivity contribution in [3.05, 3.63) is 0 Å². The quantitative estimate of drug-likeness (QED) is 0.828. The summed E-state index contributed by atoms with van der Waals surface area (Å²) in [5, 5.41) is 3.83. The topological polar surface area (TPSA) is 15.3 Å². The molecule has 0 aromatic rings. The summed E-state index contributed by atoms with van der Waals surface area (Å²) < 4.78 is 0. The molecular formula is C16H32N2. The summed E-state index contributed by atoms with van der Waals surface area (Å²) in [4.78, 5) is 2.82. The van der Waals surface area contributed by atoms with E-state index in [9.17, 15) is 0 Å². The molecule has 0 spiro atoms. The van der Waals surface area contributed by atoms with Crippen LogP contribution in [0, 0.1) is 5.92 Å². The van der Waals surface area contributed by atoms with Gasteiger partial charge in [-0.25, -0.2) is 0 Å². The lowest BCUT2D eigenvalue weighted by Crippen LogP contribution is -2.53. The van der Waals surface area contributed by atoms with E-state index < -0.39 is 0 Å². The predicted octanol–water partition coefficient (Wildman–Crippen LogP) is 3.42. The number of nitrogens with zero attached hydrogens (tertiary/aromatic N) is 1. The third-order valence-electron chi connectivity index (χ3n) is 5.41. The standard InChI is InChI=1S/C16H32N2/c1-4-16(5-2)13-18(11-7-10-17-16)15-9-6-8-14(3)12-15/h14-15,17H,4-13H2,1-3H3. The SMILES string of the molecule is CCC1(CC)CN(C2CCCC(C)C2)CCCN1. The lowest BCUT2D eigenvalue weighted by atomic mass is 9.84. The first kappa shape index (κ1) is 14.3. The van der Waals surface area contributed by atoms with Crippen LogP contribution in [0.4, 0.5) is 0 Å². The molecule has 0 aromatic heterocycles. The van der Waals surface area contributed by atoms with Crippen LogP contribution in [0.5, 0.6) is 0 Å². The van der Waals surface area contributed by atoms with Gasteiger partial charge in [0, 0.05) is 18.1 Å². The van der Waals surface area contributed by atoms with E-state index in [-0.39, 0.29) is 0 Å². The summed E-state index contributed by atoms with van der Waals surface area (Å²) in [5.74, 6) is 0.942. The number of rotatable bonds is 3. The van der Waals surface area contributed by atoms with E-state index in [0.29, 0.717) is 5.54 Å². The Bertz CT molecular complexity index is 247. The van der Waals surface area contributed by atoms with Crippen LogP contribution in [0.15, 0.2) is 0 Å². The number of nitrogens with one attached hydrogen (secondary N) is 1. The molecule has 0 bridgehead atoms. The van der Waals surface area contributed by atoms with Crippen molar-refractivity contribution < 1.29 is 0 Å². The van der Waals surface area contributed by atoms with Crippen LogP contribution in [0.25, 0.3) is 0 Å². The maximum absolute atomic E-state index is 3.83. The normalized spacial score (nSPS) is 34.2. The molecule has 2 fully saturated rings. The zero-order valence-corrected chi connectivity index (χ0v) is 12.7. The molecule has 18 heavy (non-hydrogen) atoms. The molecule has 1 N–H and O–H groups in total. The second-order valence-electron chi connectivity index (χ2n) is 6.66. The van der Waals surface area contributed by atoms with Gasteiger partial charge in [-0.1, -0.05) is 33.6 Å². The van der Waals surface area contributed by atoms with Crippen molar-refractivity contribution >= 4 is 0 Å². The second kappa shape index (κ2) is 6.38. The van der Waals surface area contributed by atoms with Crippen LogP contribution in [-0.4, -0.2) is 36.1 Å². The van der Waals surface area contributed by atoms with Gasteiger partial charge in [0.2, 0.25) is 0 Å². The highest BCUT2D eigenvalue weighted by Gasteiger charge is 2.34. The maximum atomic E-state index is 3.83. The Morgan fingerprint density at radius 1 is 1.17 bits per heavy atom. The molecule has 0 amide bonds. The Labute approximate surface area is 114 Å². The molecular weight excluding hydrogens is 220 g/mol. The van der Waals surface area contributed by atoms with E-state index in [1.54, 1.807) is 0 Å². The summed E-state index contributed by atoms with van der Waals surface area (Å²) in [6, 6.07) is 0.867. The smallest absolute Gasteiger partial charge is 0.0303 e. The Balaban J connectivity index is 2.02. The van der Waals surface area contributed by atoms with Crippen molar-refractivity contribution in [3.8, 4) is 0 Å². The predicted molar refractivity (Wildman–Crippen MR) is 78.9 cm³/mol. The lowest BCUT2D eigenvalue weighted by Gasteiger charge is -2.41. The fourth-order valence-electron chi connectivity index (χ4n) is 3.93. The first-order valence-electron chi connectivity index (χ1n) is 8.18. The van der Waals surface area contributed by atoms with Gasteiger partial charge >= 0.3 is 0 Å². The zero-order chi connectivity index (χ0) is 13.0. The van der Waals surface area contributed by atoms with E-state index in [4.69, 9.17) is 0 Å². The van der Waals surface area contributed by atoms with Crippen molar-refractivity contribution in [1.29, 1.82) is 0 Å². The van der Waals surface area contributed by atoms with E-state index in [1.807, 2.05) is 0 Å². The molecule has 2 heteroatoms. The summed E-state index contributed by atoms with van der Waals surface area (Å²) in [5.41, 5.74) is 0.386. The van der Waals surface area contributed by atoms with Crippen LogP contribution < -0.4 is 5.32 Å². The van der Waals surface area contributed by atoms with Gasteiger partial charge in [-0.3, -0.25) is 4.90 Å². The summed E-state index contributed by atoms with van der Waals surface area (Å²) in [6.07, 6.45) is 9.63. The first-order chi connectivity index (χ1) is 8.69. The van der Waals surface area contributed by atoms with E-state index in [2.05, 4.69) is 31.0 Å². The number of hydrogen-bond donors (Lipinski definition) is 1. The molecule has 0 radical (unpaired) electrons. The minimum absolute atomic E-state index is 0.386. The fourth-order valence-corrected chi connectivity index (χ4v) is 3.93. The molecule has 1 saturated heterocycles.